The molecule has 1 rings (SSSR count). The lowest BCUT2D eigenvalue weighted by Crippen LogP contribution is -2.41. The lowest BCUT2D eigenvalue weighted by Gasteiger charge is -2.07. The van der Waals surface area contributed by atoms with Crippen molar-refractivity contribution in [1.29, 1.82) is 0 Å². The number of benzene rings is 1. The van der Waals surface area contributed by atoms with E-state index >= 15 is 0 Å². The van der Waals surface area contributed by atoms with Crippen LogP contribution in [0, 0.1) is 0 Å². The van der Waals surface area contributed by atoms with Crippen molar-refractivity contribution in [2.75, 3.05) is 7.11 Å². The molecule has 0 aliphatic rings. The number of halogens is 2. The van der Waals surface area contributed by atoms with Crippen molar-refractivity contribution in [3.05, 3.63) is 27.7 Å². The van der Waals surface area contributed by atoms with Crippen LogP contribution in [0.3, 0.4) is 0 Å². The zero-order valence-corrected chi connectivity index (χ0v) is 13.2. The Balaban J connectivity index is 2.70. The number of carbonyl (C=O) groups is 2. The highest BCUT2D eigenvalue weighted by Crippen LogP contribution is 2.33. The molecule has 0 heterocycles. The van der Waals surface area contributed by atoms with E-state index in [9.17, 15) is 9.59 Å². The highest BCUT2D eigenvalue weighted by atomic mass is 35.5. The van der Waals surface area contributed by atoms with Crippen LogP contribution in [0.1, 0.15) is 19.4 Å². The fourth-order valence-electron chi connectivity index (χ4n) is 1.39. The van der Waals surface area contributed by atoms with Gasteiger partial charge in [-0.15, -0.1) is 0 Å². The van der Waals surface area contributed by atoms with Gasteiger partial charge in [0.2, 0.25) is 0 Å². The maximum atomic E-state index is 11.4. The smallest absolute Gasteiger partial charge is 0.329 e. The Kier molecular flexibility index (Phi) is 6.45. The Morgan fingerprint density at radius 2 is 1.81 bits per heavy atom. The lowest BCUT2D eigenvalue weighted by molar-refractivity contribution is -0.139. The summed E-state index contributed by atoms with van der Waals surface area (Å²) in [5, 5.41) is 6.74. The van der Waals surface area contributed by atoms with E-state index in [2.05, 4.69) is 15.8 Å². The third kappa shape index (κ3) is 5.24. The topological polar surface area (TPSA) is 79.8 Å². The van der Waals surface area contributed by atoms with Gasteiger partial charge >= 0.3 is 11.8 Å². The summed E-state index contributed by atoms with van der Waals surface area (Å²) in [5.74, 6) is -1.26. The van der Waals surface area contributed by atoms with Crippen LogP contribution in [0.25, 0.3) is 0 Å². The second kappa shape index (κ2) is 7.85. The van der Waals surface area contributed by atoms with Gasteiger partial charge in [0.15, 0.2) is 5.75 Å². The number of hydrogen-bond acceptors (Lipinski definition) is 4. The summed E-state index contributed by atoms with van der Waals surface area (Å²) < 4.78 is 5.01. The molecule has 2 amide bonds. The number of hydrazone groups is 1. The van der Waals surface area contributed by atoms with E-state index in [1.165, 1.54) is 13.3 Å². The molecule has 0 bridgehead atoms. The van der Waals surface area contributed by atoms with Crippen molar-refractivity contribution in [1.82, 2.24) is 10.7 Å². The molecule has 0 radical (unpaired) electrons. The number of amides is 2. The highest BCUT2D eigenvalue weighted by molar-refractivity contribution is 6.37. The van der Waals surface area contributed by atoms with Crippen molar-refractivity contribution < 1.29 is 14.3 Å². The minimum atomic E-state index is -0.856. The molecule has 1 aromatic carbocycles. The van der Waals surface area contributed by atoms with Crippen LogP contribution >= 0.6 is 23.2 Å². The fraction of sp³-hybridized carbons (Fsp3) is 0.308. The first-order chi connectivity index (χ1) is 9.85. The minimum Gasteiger partial charge on any atom is -0.494 e. The SMILES string of the molecule is COc1c(Cl)cc(/C=N\NC(=O)C(=O)NC(C)C)cc1Cl. The normalized spacial score (nSPS) is 10.8. The largest absolute Gasteiger partial charge is 0.494 e. The van der Waals surface area contributed by atoms with E-state index in [1.54, 1.807) is 26.0 Å². The Morgan fingerprint density at radius 1 is 1.24 bits per heavy atom. The van der Waals surface area contributed by atoms with E-state index in [1.807, 2.05) is 0 Å². The molecule has 8 heteroatoms. The third-order valence-corrected chi connectivity index (χ3v) is 2.79. The van der Waals surface area contributed by atoms with Gasteiger partial charge in [-0.1, -0.05) is 23.2 Å². The minimum absolute atomic E-state index is 0.133. The monoisotopic (exact) mass is 331 g/mol. The summed E-state index contributed by atoms with van der Waals surface area (Å²) >= 11 is 11.9. The van der Waals surface area contributed by atoms with Crippen molar-refractivity contribution in [3.63, 3.8) is 0 Å². The van der Waals surface area contributed by atoms with Crippen LogP contribution in [-0.2, 0) is 9.59 Å². The van der Waals surface area contributed by atoms with Crippen molar-refractivity contribution in [2.24, 2.45) is 5.10 Å². The van der Waals surface area contributed by atoms with Gasteiger partial charge in [0, 0.05) is 6.04 Å². The Labute approximate surface area is 132 Å². The predicted molar refractivity (Wildman–Crippen MR) is 82.0 cm³/mol. The van der Waals surface area contributed by atoms with E-state index in [0.29, 0.717) is 21.4 Å². The number of hydrogen-bond donors (Lipinski definition) is 2. The standard InChI is InChI=1S/C13H15Cl2N3O3/c1-7(2)17-12(19)13(20)18-16-6-8-4-9(14)11(21-3)10(15)5-8/h4-7H,1-3H3,(H,17,19)(H,18,20)/b16-6-. The summed E-state index contributed by atoms with van der Waals surface area (Å²) in [5.41, 5.74) is 2.66. The van der Waals surface area contributed by atoms with Crippen LogP contribution in [0.4, 0.5) is 0 Å². The maximum absolute atomic E-state index is 11.4. The van der Waals surface area contributed by atoms with Crippen LogP contribution < -0.4 is 15.5 Å². The molecular weight excluding hydrogens is 317 g/mol. The van der Waals surface area contributed by atoms with Crippen LogP contribution in [0.5, 0.6) is 5.75 Å². The van der Waals surface area contributed by atoms with E-state index in [-0.39, 0.29) is 6.04 Å². The van der Waals surface area contributed by atoms with Crippen LogP contribution in [0.15, 0.2) is 17.2 Å². The number of methoxy groups -OCH3 is 1. The molecule has 1 aromatic rings. The average Bonchev–Trinajstić information content (AvgIpc) is 2.37. The van der Waals surface area contributed by atoms with Crippen LogP contribution in [0.2, 0.25) is 10.0 Å². The van der Waals surface area contributed by atoms with Crippen molar-refractivity contribution in [2.45, 2.75) is 19.9 Å². The Morgan fingerprint density at radius 3 is 2.29 bits per heavy atom. The zero-order chi connectivity index (χ0) is 16.0. The van der Waals surface area contributed by atoms with E-state index < -0.39 is 11.8 Å². The lowest BCUT2D eigenvalue weighted by atomic mass is 10.2. The molecular formula is C13H15Cl2N3O3. The molecule has 21 heavy (non-hydrogen) atoms. The number of nitrogens with zero attached hydrogens (tertiary/aromatic N) is 1. The molecule has 0 aliphatic carbocycles. The van der Waals surface area contributed by atoms with Gasteiger partial charge in [0.05, 0.1) is 23.4 Å². The molecule has 0 spiro atoms. The molecule has 2 N–H and O–H groups in total. The molecule has 0 aliphatic heterocycles. The Hall–Kier alpha value is -1.79. The predicted octanol–water partition coefficient (Wildman–Crippen LogP) is 1.98. The average molecular weight is 332 g/mol. The number of ether oxygens (including phenoxy) is 1. The number of rotatable bonds is 4. The van der Waals surface area contributed by atoms with E-state index in [0.717, 1.165) is 0 Å². The molecule has 0 aromatic heterocycles. The molecule has 0 saturated carbocycles. The second-order valence-electron chi connectivity index (χ2n) is 4.35. The summed E-state index contributed by atoms with van der Waals surface area (Å²) in [4.78, 5) is 22.7. The summed E-state index contributed by atoms with van der Waals surface area (Å²) in [7, 11) is 1.45. The van der Waals surface area contributed by atoms with Gasteiger partial charge in [-0.2, -0.15) is 5.10 Å². The summed E-state index contributed by atoms with van der Waals surface area (Å²) in [6.45, 7) is 3.49. The first-order valence-electron chi connectivity index (χ1n) is 6.02. The zero-order valence-electron chi connectivity index (χ0n) is 11.7. The first kappa shape index (κ1) is 17.3. The fourth-order valence-corrected chi connectivity index (χ4v) is 2.05. The van der Waals surface area contributed by atoms with Crippen LogP contribution in [-0.4, -0.2) is 31.2 Å². The molecule has 6 nitrogen and oxygen atoms in total. The highest BCUT2D eigenvalue weighted by Gasteiger charge is 2.13. The third-order valence-electron chi connectivity index (χ3n) is 2.23. The van der Waals surface area contributed by atoms with Crippen molar-refractivity contribution in [3.8, 4) is 5.75 Å². The maximum Gasteiger partial charge on any atom is 0.329 e. The van der Waals surface area contributed by atoms with Gasteiger partial charge in [-0.05, 0) is 31.5 Å². The first-order valence-corrected chi connectivity index (χ1v) is 6.77. The van der Waals surface area contributed by atoms with Gasteiger partial charge < -0.3 is 10.1 Å². The van der Waals surface area contributed by atoms with Gasteiger partial charge in [0.1, 0.15) is 0 Å². The van der Waals surface area contributed by atoms with Gasteiger partial charge in [0.25, 0.3) is 0 Å². The van der Waals surface area contributed by atoms with E-state index in [4.69, 9.17) is 27.9 Å². The molecule has 114 valence electrons. The van der Waals surface area contributed by atoms with Crippen molar-refractivity contribution >= 4 is 41.2 Å². The second-order valence-corrected chi connectivity index (χ2v) is 5.16. The van der Waals surface area contributed by atoms with Gasteiger partial charge in [-0.25, -0.2) is 5.43 Å². The molecule has 0 fully saturated rings. The summed E-state index contributed by atoms with van der Waals surface area (Å²) in [6.07, 6.45) is 1.32. The Bertz CT molecular complexity index is 551. The summed E-state index contributed by atoms with van der Waals surface area (Å²) in [6, 6.07) is 3.00. The quantitative estimate of drug-likeness (QED) is 0.503. The number of nitrogens with one attached hydrogen (secondary N) is 2. The molecule has 0 unspecified atom stereocenters. The van der Waals surface area contributed by atoms with Gasteiger partial charge in [-0.3, -0.25) is 9.59 Å². The molecule has 0 atom stereocenters. The molecule has 0 saturated heterocycles. The number of carbonyl (C=O) groups excluding carboxylic acids is 2.